The lowest BCUT2D eigenvalue weighted by Gasteiger charge is -2.30. The number of H-pyrrole nitrogens is 1. The molecule has 1 aliphatic rings. The van der Waals surface area contributed by atoms with Gasteiger partial charge in [0.1, 0.15) is 5.75 Å². The molecule has 0 radical (unpaired) electrons. The van der Waals surface area contributed by atoms with Crippen molar-refractivity contribution in [1.29, 1.82) is 0 Å². The number of rotatable bonds is 8. The third-order valence-corrected chi connectivity index (χ3v) is 6.64. The fourth-order valence-electron chi connectivity index (χ4n) is 4.47. The number of aryl methyl sites for hydroxylation is 1. The molecule has 1 saturated heterocycles. The van der Waals surface area contributed by atoms with E-state index < -0.39 is 0 Å². The molecule has 0 atom stereocenters. The summed E-state index contributed by atoms with van der Waals surface area (Å²) in [4.78, 5) is 11.7. The van der Waals surface area contributed by atoms with E-state index >= 15 is 0 Å². The van der Waals surface area contributed by atoms with Gasteiger partial charge in [0.25, 0.3) is 0 Å². The molecule has 35 heavy (non-hydrogen) atoms. The maximum atomic E-state index is 6.14. The van der Waals surface area contributed by atoms with E-state index in [1.165, 1.54) is 31.5 Å². The number of likely N-dealkylation sites (tertiary alicyclic amines) is 1. The largest absolute Gasteiger partial charge is 0.493 e. The van der Waals surface area contributed by atoms with Crippen molar-refractivity contribution in [2.75, 3.05) is 31.6 Å². The van der Waals surface area contributed by atoms with Crippen LogP contribution in [0.5, 0.6) is 5.75 Å². The van der Waals surface area contributed by atoms with Crippen LogP contribution >= 0.6 is 0 Å². The summed E-state index contributed by atoms with van der Waals surface area (Å²) in [6.45, 7) is 8.54. The molecule has 4 aromatic rings. The van der Waals surface area contributed by atoms with E-state index in [1.54, 1.807) is 12.4 Å². The van der Waals surface area contributed by atoms with Crippen molar-refractivity contribution < 1.29 is 4.74 Å². The summed E-state index contributed by atoms with van der Waals surface area (Å²) < 4.78 is 6.14. The first-order chi connectivity index (χ1) is 17.2. The molecule has 1 fully saturated rings. The van der Waals surface area contributed by atoms with Gasteiger partial charge in [-0.05, 0) is 63.5 Å². The van der Waals surface area contributed by atoms with Gasteiger partial charge < -0.3 is 15.0 Å². The van der Waals surface area contributed by atoms with Crippen molar-refractivity contribution in [2.45, 2.75) is 26.7 Å². The molecule has 0 bridgehead atoms. The predicted octanol–water partition coefficient (Wildman–Crippen LogP) is 5.70. The molecule has 0 aliphatic carbocycles. The number of benzene rings is 2. The summed E-state index contributed by atoms with van der Waals surface area (Å²) in [6.07, 6.45) is 5.97. The van der Waals surface area contributed by atoms with Gasteiger partial charge in [0, 0.05) is 29.1 Å². The maximum absolute atomic E-state index is 6.14. The first-order valence-corrected chi connectivity index (χ1v) is 12.3. The lowest BCUT2D eigenvalue weighted by molar-refractivity contribution is 0.146. The minimum Gasteiger partial charge on any atom is -0.493 e. The summed E-state index contributed by atoms with van der Waals surface area (Å²) in [7, 11) is 0. The van der Waals surface area contributed by atoms with E-state index in [0.29, 0.717) is 11.9 Å². The highest BCUT2D eigenvalue weighted by atomic mass is 16.5. The highest BCUT2D eigenvalue weighted by Gasteiger charge is 2.18. The Morgan fingerprint density at radius 3 is 2.71 bits per heavy atom. The molecular weight excluding hydrogens is 436 g/mol. The van der Waals surface area contributed by atoms with Gasteiger partial charge in [-0.15, -0.1) is 0 Å². The second kappa shape index (κ2) is 10.7. The van der Waals surface area contributed by atoms with Crippen LogP contribution in [0.3, 0.4) is 0 Å². The second-order valence-corrected chi connectivity index (χ2v) is 9.13. The maximum Gasteiger partial charge on any atom is 0.227 e. The summed E-state index contributed by atoms with van der Waals surface area (Å²) in [5, 5.41) is 10.7. The van der Waals surface area contributed by atoms with E-state index in [2.05, 4.69) is 63.5 Å². The monoisotopic (exact) mass is 468 g/mol. The summed E-state index contributed by atoms with van der Waals surface area (Å²) in [5.74, 6) is 2.01. The molecule has 5 rings (SSSR count). The van der Waals surface area contributed by atoms with E-state index in [4.69, 9.17) is 9.72 Å². The Morgan fingerprint density at radius 2 is 1.91 bits per heavy atom. The fraction of sp³-hybridized carbons (Fsp3) is 0.321. The van der Waals surface area contributed by atoms with E-state index in [9.17, 15) is 0 Å². The number of nitrogens with one attached hydrogen (secondary N) is 2. The summed E-state index contributed by atoms with van der Waals surface area (Å²) in [6, 6.07) is 18.3. The third-order valence-electron chi connectivity index (χ3n) is 6.64. The smallest absolute Gasteiger partial charge is 0.227 e. The summed E-state index contributed by atoms with van der Waals surface area (Å²) in [5.41, 5.74) is 5.86. The molecule has 7 heteroatoms. The molecule has 1 aliphatic heterocycles. The number of nitrogens with zero attached hydrogens (tertiary/aromatic N) is 4. The van der Waals surface area contributed by atoms with Crippen molar-refractivity contribution in [1.82, 2.24) is 25.1 Å². The van der Waals surface area contributed by atoms with Crippen LogP contribution in [0.2, 0.25) is 0 Å². The Kier molecular flexibility index (Phi) is 7.04. The summed E-state index contributed by atoms with van der Waals surface area (Å²) >= 11 is 0. The molecule has 7 nitrogen and oxygen atoms in total. The van der Waals surface area contributed by atoms with Crippen molar-refractivity contribution >= 4 is 11.6 Å². The normalized spacial score (nSPS) is 14.7. The van der Waals surface area contributed by atoms with Crippen LogP contribution in [0.15, 0.2) is 67.0 Å². The lowest BCUT2D eigenvalue weighted by atomic mass is 9.98. The van der Waals surface area contributed by atoms with Gasteiger partial charge >= 0.3 is 0 Å². The van der Waals surface area contributed by atoms with Gasteiger partial charge in [-0.1, -0.05) is 42.8 Å². The third kappa shape index (κ3) is 5.69. The van der Waals surface area contributed by atoms with Gasteiger partial charge in [0.2, 0.25) is 5.95 Å². The molecule has 2 N–H and O–H groups in total. The zero-order valence-electron chi connectivity index (χ0n) is 20.4. The Balaban J connectivity index is 1.26. The molecule has 2 aromatic carbocycles. The molecule has 0 amide bonds. The van der Waals surface area contributed by atoms with Crippen LogP contribution in [-0.4, -0.2) is 51.3 Å². The number of aromatic amines is 1. The first-order valence-electron chi connectivity index (χ1n) is 12.3. The zero-order chi connectivity index (χ0) is 24.0. The Labute approximate surface area is 206 Å². The van der Waals surface area contributed by atoms with Gasteiger partial charge in [-0.2, -0.15) is 5.10 Å². The number of ether oxygens (including phenoxy) is 1. The lowest BCUT2D eigenvalue weighted by Crippen LogP contribution is -2.35. The van der Waals surface area contributed by atoms with Crippen molar-refractivity contribution in [3.63, 3.8) is 0 Å². The van der Waals surface area contributed by atoms with Crippen LogP contribution in [0, 0.1) is 12.8 Å². The number of hydrogen-bond donors (Lipinski definition) is 2. The Morgan fingerprint density at radius 1 is 1.09 bits per heavy atom. The van der Waals surface area contributed by atoms with E-state index in [0.717, 1.165) is 47.1 Å². The average Bonchev–Trinajstić information content (AvgIpc) is 3.39. The SMILES string of the molecule is CCN1CCC(COc2cccc(Nc3nccc(-c4cn[nH]c4-c4ccc(C)cc4)n3)c2)CC1. The van der Waals surface area contributed by atoms with Gasteiger partial charge in [-0.25, -0.2) is 9.97 Å². The highest BCUT2D eigenvalue weighted by molar-refractivity contribution is 5.79. The predicted molar refractivity (Wildman–Crippen MR) is 140 cm³/mol. The Bertz CT molecular complexity index is 1240. The molecule has 0 spiro atoms. The Hall–Kier alpha value is -3.71. The van der Waals surface area contributed by atoms with Crippen LogP contribution < -0.4 is 10.1 Å². The number of piperidine rings is 1. The van der Waals surface area contributed by atoms with E-state index in [-0.39, 0.29) is 0 Å². The van der Waals surface area contributed by atoms with Crippen molar-refractivity contribution in [2.24, 2.45) is 5.92 Å². The van der Waals surface area contributed by atoms with Crippen LogP contribution in [0.1, 0.15) is 25.3 Å². The quantitative estimate of drug-likeness (QED) is 0.346. The molecule has 0 saturated carbocycles. The van der Waals surface area contributed by atoms with Crippen LogP contribution in [0.25, 0.3) is 22.5 Å². The molecule has 0 unspecified atom stereocenters. The minimum absolute atomic E-state index is 0.530. The minimum atomic E-state index is 0.530. The van der Waals surface area contributed by atoms with Crippen LogP contribution in [0.4, 0.5) is 11.6 Å². The first kappa shape index (κ1) is 23.1. The standard InChI is InChI=1S/C28H32N6O/c1-3-34-15-12-21(13-16-34)19-35-24-6-4-5-23(17-24)31-28-29-14-11-26(32-28)25-18-30-33-27(25)22-9-7-20(2)8-10-22/h4-11,14,17-18,21H,3,12-13,15-16,19H2,1-2H3,(H,30,33)(H,29,31,32). The number of hydrogen-bond acceptors (Lipinski definition) is 6. The number of aromatic nitrogens is 4. The topological polar surface area (TPSA) is 79.0 Å². The zero-order valence-corrected chi connectivity index (χ0v) is 20.4. The van der Waals surface area contributed by atoms with Gasteiger partial charge in [0.15, 0.2) is 0 Å². The van der Waals surface area contributed by atoms with E-state index in [1.807, 2.05) is 30.3 Å². The van der Waals surface area contributed by atoms with Crippen LogP contribution in [-0.2, 0) is 0 Å². The van der Waals surface area contributed by atoms with Crippen molar-refractivity contribution in [3.05, 3.63) is 72.6 Å². The fourth-order valence-corrected chi connectivity index (χ4v) is 4.47. The molecule has 180 valence electrons. The molecule has 3 heterocycles. The second-order valence-electron chi connectivity index (χ2n) is 9.13. The highest BCUT2D eigenvalue weighted by Crippen LogP contribution is 2.30. The van der Waals surface area contributed by atoms with Gasteiger partial charge in [0.05, 0.1) is 24.2 Å². The number of anilines is 2. The van der Waals surface area contributed by atoms with Crippen molar-refractivity contribution in [3.8, 4) is 28.3 Å². The average molecular weight is 469 g/mol. The van der Waals surface area contributed by atoms with Gasteiger partial charge in [-0.3, -0.25) is 5.10 Å². The molecule has 2 aromatic heterocycles. The molecular formula is C28H32N6O.